The number of aromatic nitrogens is 1. The van der Waals surface area contributed by atoms with Crippen molar-refractivity contribution < 1.29 is 4.42 Å². The third kappa shape index (κ3) is 1.63. The smallest absolute Gasteiger partial charge is 0.137 e. The molecule has 2 N–H and O–H groups in total. The lowest BCUT2D eigenvalue weighted by atomic mass is 10.0. The van der Waals surface area contributed by atoms with Crippen LogP contribution >= 0.6 is 0 Å². The predicted molar refractivity (Wildman–Crippen MR) is 58.5 cm³/mol. The molecule has 1 saturated carbocycles. The van der Waals surface area contributed by atoms with E-state index >= 15 is 0 Å². The summed E-state index contributed by atoms with van der Waals surface area (Å²) in [6, 6.07) is 1.90. The van der Waals surface area contributed by atoms with Crippen molar-refractivity contribution in [3.63, 3.8) is 0 Å². The third-order valence-corrected chi connectivity index (χ3v) is 3.24. The number of hydrogen-bond acceptors (Lipinski definition) is 3. The topological polar surface area (TPSA) is 52.0 Å². The first-order chi connectivity index (χ1) is 7.27. The standard InChI is InChI=1S/C12H14N2O/c13-12(4-5-12)3-1-9-8-15-11-2-6-14-7-10(9)11/h2,6-8H,1,3-5,13H2. The SMILES string of the molecule is NC1(CCc2coc3ccncc23)CC1. The summed E-state index contributed by atoms with van der Waals surface area (Å²) < 4.78 is 5.45. The van der Waals surface area contributed by atoms with Gasteiger partial charge < -0.3 is 10.2 Å². The number of nitrogens with two attached hydrogens (primary N) is 1. The molecule has 78 valence electrons. The molecule has 15 heavy (non-hydrogen) atoms. The van der Waals surface area contributed by atoms with Crippen molar-refractivity contribution in [2.24, 2.45) is 5.73 Å². The van der Waals surface area contributed by atoms with Gasteiger partial charge in [-0.05, 0) is 37.3 Å². The Morgan fingerprint density at radius 2 is 2.33 bits per heavy atom. The lowest BCUT2D eigenvalue weighted by Gasteiger charge is -2.05. The van der Waals surface area contributed by atoms with Gasteiger partial charge in [0.05, 0.1) is 6.26 Å². The Morgan fingerprint density at radius 1 is 1.47 bits per heavy atom. The number of fused-ring (bicyclic) bond motifs is 1. The van der Waals surface area contributed by atoms with Crippen LogP contribution in [0.1, 0.15) is 24.8 Å². The average Bonchev–Trinajstić information content (AvgIpc) is 2.86. The number of aryl methyl sites for hydroxylation is 1. The third-order valence-electron chi connectivity index (χ3n) is 3.24. The van der Waals surface area contributed by atoms with Crippen molar-refractivity contribution in [1.29, 1.82) is 0 Å². The zero-order chi connectivity index (χ0) is 10.3. The second-order valence-electron chi connectivity index (χ2n) is 4.50. The highest BCUT2D eigenvalue weighted by Gasteiger charge is 2.37. The fraction of sp³-hybridized carbons (Fsp3) is 0.417. The van der Waals surface area contributed by atoms with Gasteiger partial charge in [-0.2, -0.15) is 0 Å². The number of rotatable bonds is 3. The van der Waals surface area contributed by atoms with Crippen molar-refractivity contribution in [3.05, 3.63) is 30.3 Å². The van der Waals surface area contributed by atoms with Crippen LogP contribution in [0.15, 0.2) is 29.1 Å². The number of pyridine rings is 1. The summed E-state index contributed by atoms with van der Waals surface area (Å²) in [7, 11) is 0. The fourth-order valence-corrected chi connectivity index (χ4v) is 1.91. The van der Waals surface area contributed by atoms with Crippen LogP contribution < -0.4 is 5.73 Å². The molecule has 3 nitrogen and oxygen atoms in total. The first-order valence-electron chi connectivity index (χ1n) is 5.36. The van der Waals surface area contributed by atoms with Crippen LogP contribution in [-0.2, 0) is 6.42 Å². The molecular weight excluding hydrogens is 188 g/mol. The Kier molecular flexibility index (Phi) is 1.83. The van der Waals surface area contributed by atoms with Gasteiger partial charge in [0, 0.05) is 23.3 Å². The molecule has 1 fully saturated rings. The van der Waals surface area contributed by atoms with Gasteiger partial charge >= 0.3 is 0 Å². The molecule has 3 heteroatoms. The zero-order valence-electron chi connectivity index (χ0n) is 8.57. The summed E-state index contributed by atoms with van der Waals surface area (Å²) in [6.45, 7) is 0. The highest BCUT2D eigenvalue weighted by atomic mass is 16.3. The maximum Gasteiger partial charge on any atom is 0.137 e. The van der Waals surface area contributed by atoms with Gasteiger partial charge in [0.2, 0.25) is 0 Å². The molecule has 3 rings (SSSR count). The van der Waals surface area contributed by atoms with E-state index in [1.165, 1.54) is 18.4 Å². The van der Waals surface area contributed by atoms with Crippen molar-refractivity contribution in [2.75, 3.05) is 0 Å². The Labute approximate surface area is 88.3 Å². The van der Waals surface area contributed by atoms with Crippen LogP contribution in [0.3, 0.4) is 0 Å². The van der Waals surface area contributed by atoms with Crippen LogP contribution in [0.25, 0.3) is 11.0 Å². The monoisotopic (exact) mass is 202 g/mol. The maximum atomic E-state index is 6.06. The molecule has 0 spiro atoms. The van der Waals surface area contributed by atoms with E-state index in [0.717, 1.165) is 23.8 Å². The highest BCUT2D eigenvalue weighted by Crippen LogP contribution is 2.37. The molecule has 2 aromatic rings. The minimum absolute atomic E-state index is 0.117. The van der Waals surface area contributed by atoms with E-state index in [-0.39, 0.29) is 5.54 Å². The molecule has 0 unspecified atom stereocenters. The molecule has 2 heterocycles. The Morgan fingerprint density at radius 3 is 3.13 bits per heavy atom. The first kappa shape index (κ1) is 8.92. The molecular formula is C12H14N2O. The quantitative estimate of drug-likeness (QED) is 0.830. The van der Waals surface area contributed by atoms with Crippen molar-refractivity contribution in [3.8, 4) is 0 Å². The van der Waals surface area contributed by atoms with E-state index in [9.17, 15) is 0 Å². The number of furan rings is 1. The van der Waals surface area contributed by atoms with Crippen LogP contribution in [0.5, 0.6) is 0 Å². The largest absolute Gasteiger partial charge is 0.464 e. The van der Waals surface area contributed by atoms with Crippen molar-refractivity contribution in [1.82, 2.24) is 4.98 Å². The molecule has 1 aliphatic rings. The van der Waals surface area contributed by atoms with Gasteiger partial charge in [-0.15, -0.1) is 0 Å². The molecule has 0 bridgehead atoms. The van der Waals surface area contributed by atoms with Crippen molar-refractivity contribution in [2.45, 2.75) is 31.2 Å². The Hall–Kier alpha value is -1.35. The summed E-state index contributed by atoms with van der Waals surface area (Å²) in [4.78, 5) is 4.11. The van der Waals surface area contributed by atoms with E-state index in [1.54, 1.807) is 6.20 Å². The Balaban J connectivity index is 1.84. The van der Waals surface area contributed by atoms with E-state index in [0.29, 0.717) is 0 Å². The minimum Gasteiger partial charge on any atom is -0.464 e. The van der Waals surface area contributed by atoms with Gasteiger partial charge in [0.1, 0.15) is 5.58 Å². The molecule has 0 aliphatic heterocycles. The summed E-state index contributed by atoms with van der Waals surface area (Å²) in [5.74, 6) is 0. The number of hydrogen-bond donors (Lipinski definition) is 1. The lowest BCUT2D eigenvalue weighted by molar-refractivity contribution is 0.588. The van der Waals surface area contributed by atoms with Gasteiger partial charge in [-0.1, -0.05) is 0 Å². The molecule has 0 saturated heterocycles. The average molecular weight is 202 g/mol. The fourth-order valence-electron chi connectivity index (χ4n) is 1.91. The molecule has 0 aromatic carbocycles. The van der Waals surface area contributed by atoms with Crippen molar-refractivity contribution >= 4 is 11.0 Å². The van der Waals surface area contributed by atoms with Crippen LogP contribution in [0, 0.1) is 0 Å². The Bertz CT molecular complexity index is 485. The summed E-state index contributed by atoms with van der Waals surface area (Å²) in [5, 5.41) is 1.13. The first-order valence-corrected chi connectivity index (χ1v) is 5.36. The summed E-state index contributed by atoms with van der Waals surface area (Å²) >= 11 is 0. The van der Waals surface area contributed by atoms with Crippen LogP contribution in [0.4, 0.5) is 0 Å². The zero-order valence-corrected chi connectivity index (χ0v) is 8.57. The molecule has 2 aromatic heterocycles. The van der Waals surface area contributed by atoms with Gasteiger partial charge in [-0.3, -0.25) is 4.98 Å². The van der Waals surface area contributed by atoms with Gasteiger partial charge in [0.25, 0.3) is 0 Å². The second kappa shape index (κ2) is 3.07. The summed E-state index contributed by atoms with van der Waals surface area (Å²) in [5.41, 5.74) is 8.33. The summed E-state index contributed by atoms with van der Waals surface area (Å²) in [6.07, 6.45) is 9.83. The van der Waals surface area contributed by atoms with E-state index in [4.69, 9.17) is 10.2 Å². The number of nitrogens with zero attached hydrogens (tertiary/aromatic N) is 1. The molecule has 1 aliphatic carbocycles. The van der Waals surface area contributed by atoms with E-state index < -0.39 is 0 Å². The maximum absolute atomic E-state index is 6.06. The predicted octanol–water partition coefficient (Wildman–Crippen LogP) is 2.25. The minimum atomic E-state index is 0.117. The van der Waals surface area contributed by atoms with E-state index in [1.807, 2.05) is 18.5 Å². The normalized spacial score (nSPS) is 18.2. The molecule has 0 radical (unpaired) electrons. The van der Waals surface area contributed by atoms with Crippen LogP contribution in [-0.4, -0.2) is 10.5 Å². The molecule has 0 atom stereocenters. The van der Waals surface area contributed by atoms with Gasteiger partial charge in [0.15, 0.2) is 0 Å². The lowest BCUT2D eigenvalue weighted by Crippen LogP contribution is -2.21. The van der Waals surface area contributed by atoms with Gasteiger partial charge in [-0.25, -0.2) is 0 Å². The molecule has 0 amide bonds. The van der Waals surface area contributed by atoms with E-state index in [2.05, 4.69) is 4.98 Å². The van der Waals surface area contributed by atoms with Crippen LogP contribution in [0.2, 0.25) is 0 Å². The second-order valence-corrected chi connectivity index (χ2v) is 4.50. The highest BCUT2D eigenvalue weighted by molar-refractivity contribution is 5.79.